The predicted molar refractivity (Wildman–Crippen MR) is 141 cm³/mol. The number of halogens is 1. The van der Waals surface area contributed by atoms with E-state index in [-0.39, 0.29) is 12.5 Å². The van der Waals surface area contributed by atoms with Crippen LogP contribution in [-0.2, 0) is 14.3 Å². The first-order chi connectivity index (χ1) is 16.5. The van der Waals surface area contributed by atoms with Gasteiger partial charge in [0.05, 0.1) is 5.69 Å². The lowest BCUT2D eigenvalue weighted by molar-refractivity contribution is -0.124. The molecule has 2 amide bonds. The lowest BCUT2D eigenvalue weighted by atomic mass is 10.0. The molecule has 1 aliphatic rings. The number of nitrogens with one attached hydrogen (secondary N) is 1. The monoisotopic (exact) mass is 555 g/mol. The third-order valence-electron chi connectivity index (χ3n) is 5.36. The molecule has 182 valence electrons. The summed E-state index contributed by atoms with van der Waals surface area (Å²) in [5.74, 6) is -0.321. The fourth-order valence-corrected chi connectivity index (χ4v) is 4.63. The average Bonchev–Trinajstić information content (AvgIpc) is 3.39. The number of carbonyl (C=O) groups excluding carboxylic acids is 2. The van der Waals surface area contributed by atoms with Gasteiger partial charge in [0.15, 0.2) is 11.4 Å². The van der Waals surface area contributed by atoms with Gasteiger partial charge in [0.2, 0.25) is 0 Å². The van der Waals surface area contributed by atoms with Gasteiger partial charge >= 0.3 is 6.09 Å². The number of rotatable bonds is 4. The first-order valence-corrected chi connectivity index (χ1v) is 12.6. The van der Waals surface area contributed by atoms with Crippen LogP contribution in [0.15, 0.2) is 70.8 Å². The van der Waals surface area contributed by atoms with Crippen LogP contribution >= 0.6 is 27.3 Å². The van der Waals surface area contributed by atoms with Gasteiger partial charge in [0.25, 0.3) is 5.91 Å². The molecule has 0 bridgehead atoms. The summed E-state index contributed by atoms with van der Waals surface area (Å²) in [5, 5.41) is 5.81. The zero-order valence-electron chi connectivity index (χ0n) is 19.9. The van der Waals surface area contributed by atoms with Gasteiger partial charge < -0.3 is 14.8 Å². The molecule has 1 saturated heterocycles. The van der Waals surface area contributed by atoms with E-state index in [4.69, 9.17) is 14.5 Å². The molecule has 0 radical (unpaired) electrons. The van der Waals surface area contributed by atoms with Crippen molar-refractivity contribution in [3.05, 3.63) is 70.8 Å². The van der Waals surface area contributed by atoms with Crippen LogP contribution in [0.25, 0.3) is 21.8 Å². The topological polar surface area (TPSA) is 80.8 Å². The molecule has 1 aromatic heterocycles. The Bertz CT molecular complexity index is 1260. The standard InChI is InChI=1S/C26H26BrN3O4S/c1-16-30(24(32)34-25(2,3)4)26(5,15-33-16)23(31)28-20-12-8-17(9-13-20)21-14-35-22(29-21)18-6-10-19(27)11-7-18/h6-14H,1,15H2,2-5H3,(H,28,31)/t26-/m0/s1. The van der Waals surface area contributed by atoms with Gasteiger partial charge in [-0.15, -0.1) is 11.3 Å². The van der Waals surface area contributed by atoms with Crippen LogP contribution in [0.3, 0.4) is 0 Å². The zero-order chi connectivity index (χ0) is 25.4. The molecule has 0 aliphatic carbocycles. The maximum absolute atomic E-state index is 13.2. The summed E-state index contributed by atoms with van der Waals surface area (Å²) in [4.78, 5) is 31.9. The van der Waals surface area contributed by atoms with Crippen molar-refractivity contribution in [3.8, 4) is 21.8 Å². The summed E-state index contributed by atoms with van der Waals surface area (Å²) in [6, 6.07) is 15.4. The number of anilines is 1. The maximum atomic E-state index is 13.2. The number of nitrogens with zero attached hydrogens (tertiary/aromatic N) is 2. The highest BCUT2D eigenvalue weighted by Gasteiger charge is 2.51. The average molecular weight is 556 g/mol. The van der Waals surface area contributed by atoms with E-state index in [1.807, 2.05) is 41.8 Å². The molecular formula is C26H26BrN3O4S. The summed E-state index contributed by atoms with van der Waals surface area (Å²) in [6.45, 7) is 10.6. The van der Waals surface area contributed by atoms with Crippen molar-refractivity contribution in [2.45, 2.75) is 38.8 Å². The molecule has 1 N–H and O–H groups in total. The number of benzene rings is 2. The Morgan fingerprint density at radius 3 is 2.40 bits per heavy atom. The molecule has 2 aromatic carbocycles. The molecule has 7 nitrogen and oxygen atoms in total. The minimum atomic E-state index is -1.30. The maximum Gasteiger partial charge on any atom is 0.418 e. The molecule has 4 rings (SSSR count). The van der Waals surface area contributed by atoms with E-state index in [0.717, 1.165) is 26.3 Å². The third kappa shape index (κ3) is 5.41. The molecule has 0 saturated carbocycles. The van der Waals surface area contributed by atoms with Crippen molar-refractivity contribution in [2.75, 3.05) is 11.9 Å². The summed E-state index contributed by atoms with van der Waals surface area (Å²) in [5.41, 5.74) is 1.41. The van der Waals surface area contributed by atoms with Crippen molar-refractivity contribution < 1.29 is 19.1 Å². The van der Waals surface area contributed by atoms with E-state index in [1.165, 1.54) is 4.90 Å². The van der Waals surface area contributed by atoms with Crippen LogP contribution in [0.5, 0.6) is 0 Å². The molecule has 2 heterocycles. The fraction of sp³-hybridized carbons (Fsp3) is 0.269. The van der Waals surface area contributed by atoms with Gasteiger partial charge in [-0.2, -0.15) is 0 Å². The van der Waals surface area contributed by atoms with Crippen LogP contribution in [0, 0.1) is 0 Å². The molecule has 1 aliphatic heterocycles. The Balaban J connectivity index is 1.47. The number of hydrogen-bond acceptors (Lipinski definition) is 6. The number of hydrogen-bond donors (Lipinski definition) is 1. The van der Waals surface area contributed by atoms with E-state index >= 15 is 0 Å². The highest BCUT2D eigenvalue weighted by Crippen LogP contribution is 2.33. The smallest absolute Gasteiger partial charge is 0.418 e. The second-order valence-corrected chi connectivity index (χ2v) is 11.1. The first kappa shape index (κ1) is 24.9. The molecular weight excluding hydrogens is 530 g/mol. The van der Waals surface area contributed by atoms with Gasteiger partial charge in [-0.25, -0.2) is 14.7 Å². The van der Waals surface area contributed by atoms with Crippen molar-refractivity contribution in [2.24, 2.45) is 0 Å². The number of ether oxygens (including phenoxy) is 2. The molecule has 0 spiro atoms. The lowest BCUT2D eigenvalue weighted by Crippen LogP contribution is -2.55. The number of carbonyl (C=O) groups is 2. The van der Waals surface area contributed by atoms with Crippen LogP contribution < -0.4 is 5.32 Å². The largest absolute Gasteiger partial charge is 0.476 e. The van der Waals surface area contributed by atoms with E-state index in [9.17, 15) is 9.59 Å². The van der Waals surface area contributed by atoms with Crippen molar-refractivity contribution in [1.82, 2.24) is 9.88 Å². The van der Waals surface area contributed by atoms with Crippen molar-refractivity contribution in [3.63, 3.8) is 0 Å². The van der Waals surface area contributed by atoms with E-state index < -0.39 is 23.1 Å². The van der Waals surface area contributed by atoms with Crippen molar-refractivity contribution >= 4 is 45.0 Å². The van der Waals surface area contributed by atoms with Crippen LogP contribution in [-0.4, -0.2) is 39.6 Å². The Kier molecular flexibility index (Phi) is 6.75. The summed E-state index contributed by atoms with van der Waals surface area (Å²) in [6.07, 6.45) is -0.682. The molecule has 35 heavy (non-hydrogen) atoms. The minimum absolute atomic E-state index is 0.0212. The number of amides is 2. The quantitative estimate of drug-likeness (QED) is 0.388. The Morgan fingerprint density at radius 1 is 1.14 bits per heavy atom. The Labute approximate surface area is 216 Å². The van der Waals surface area contributed by atoms with E-state index in [1.54, 1.807) is 51.2 Å². The Morgan fingerprint density at radius 2 is 1.77 bits per heavy atom. The number of thiazole rings is 1. The van der Waals surface area contributed by atoms with E-state index in [2.05, 4.69) is 27.8 Å². The number of aromatic nitrogens is 1. The van der Waals surface area contributed by atoms with Gasteiger partial charge in [-0.05, 0) is 58.5 Å². The van der Waals surface area contributed by atoms with Gasteiger partial charge in [0.1, 0.15) is 17.2 Å². The minimum Gasteiger partial charge on any atom is -0.476 e. The second-order valence-electron chi connectivity index (χ2n) is 9.35. The first-order valence-electron chi connectivity index (χ1n) is 10.9. The van der Waals surface area contributed by atoms with Gasteiger partial charge in [-0.3, -0.25) is 4.79 Å². The SMILES string of the molecule is C=C1OC[C@@](C)(C(=O)Nc2ccc(-c3csc(-c4ccc(Br)cc4)n3)cc2)N1C(=O)OC(C)(C)C. The highest BCUT2D eigenvalue weighted by molar-refractivity contribution is 9.10. The third-order valence-corrected chi connectivity index (χ3v) is 6.78. The van der Waals surface area contributed by atoms with Crippen LogP contribution in [0.2, 0.25) is 0 Å². The molecule has 3 aromatic rings. The van der Waals surface area contributed by atoms with Gasteiger partial charge in [0, 0.05) is 26.7 Å². The molecule has 1 atom stereocenters. The summed E-state index contributed by atoms with van der Waals surface area (Å²) >= 11 is 5.02. The van der Waals surface area contributed by atoms with E-state index in [0.29, 0.717) is 5.69 Å². The highest BCUT2D eigenvalue weighted by atomic mass is 79.9. The van der Waals surface area contributed by atoms with Crippen LogP contribution in [0.4, 0.5) is 10.5 Å². The second kappa shape index (κ2) is 9.47. The summed E-state index contributed by atoms with van der Waals surface area (Å²) < 4.78 is 11.9. The molecule has 9 heteroatoms. The summed E-state index contributed by atoms with van der Waals surface area (Å²) in [7, 11) is 0. The van der Waals surface area contributed by atoms with Crippen LogP contribution in [0.1, 0.15) is 27.7 Å². The van der Waals surface area contributed by atoms with Crippen molar-refractivity contribution in [1.29, 1.82) is 0 Å². The fourth-order valence-electron chi connectivity index (χ4n) is 3.53. The Hall–Kier alpha value is -3.17. The normalized spacial score (nSPS) is 17.7. The predicted octanol–water partition coefficient (Wildman–Crippen LogP) is 6.68. The lowest BCUT2D eigenvalue weighted by Gasteiger charge is -2.32. The molecule has 1 fully saturated rings. The zero-order valence-corrected chi connectivity index (χ0v) is 22.3. The molecule has 0 unspecified atom stereocenters. The van der Waals surface area contributed by atoms with Gasteiger partial charge in [-0.1, -0.05) is 40.2 Å².